The van der Waals surface area contributed by atoms with E-state index >= 15 is 0 Å². The highest BCUT2D eigenvalue weighted by molar-refractivity contribution is 5.63. The number of hydrogen-bond acceptors (Lipinski definition) is 3. The molecular formula is C24H26FN5. The Bertz CT molecular complexity index is 1140. The van der Waals surface area contributed by atoms with Gasteiger partial charge in [0.1, 0.15) is 5.82 Å². The number of aryl methyl sites for hydroxylation is 2. The van der Waals surface area contributed by atoms with E-state index in [9.17, 15) is 4.39 Å². The van der Waals surface area contributed by atoms with Crippen molar-refractivity contribution in [1.82, 2.24) is 24.9 Å². The van der Waals surface area contributed by atoms with Crippen LogP contribution in [0, 0.1) is 19.7 Å². The van der Waals surface area contributed by atoms with E-state index in [4.69, 9.17) is 5.10 Å². The first kappa shape index (κ1) is 20.0. The molecule has 0 aliphatic rings. The molecule has 0 saturated heterocycles. The summed E-state index contributed by atoms with van der Waals surface area (Å²) in [6.45, 7) is 6.90. The number of rotatable bonds is 6. The van der Waals surface area contributed by atoms with Gasteiger partial charge in [-0.3, -0.25) is 4.68 Å². The van der Waals surface area contributed by atoms with E-state index < -0.39 is 0 Å². The summed E-state index contributed by atoms with van der Waals surface area (Å²) in [7, 11) is 1.95. The van der Waals surface area contributed by atoms with Crippen LogP contribution in [0.4, 0.5) is 4.39 Å². The third-order valence-corrected chi connectivity index (χ3v) is 5.54. The third-order valence-electron chi connectivity index (χ3n) is 5.54. The molecular weight excluding hydrogens is 377 g/mol. The van der Waals surface area contributed by atoms with Crippen molar-refractivity contribution < 1.29 is 4.39 Å². The molecule has 30 heavy (non-hydrogen) atoms. The van der Waals surface area contributed by atoms with Crippen molar-refractivity contribution in [1.29, 1.82) is 0 Å². The SMILES string of the molecule is Cc1ccc(-n2cc(CN[C@@H](C)c3cnn(C)c3C)c(-c3ccc(F)cc3)n2)cc1. The molecule has 0 radical (unpaired) electrons. The molecule has 0 amide bonds. The molecule has 154 valence electrons. The van der Waals surface area contributed by atoms with E-state index in [2.05, 4.69) is 55.5 Å². The molecule has 0 aliphatic heterocycles. The molecule has 0 fully saturated rings. The van der Waals surface area contributed by atoms with Crippen LogP contribution in [0.5, 0.6) is 0 Å². The molecule has 0 saturated carbocycles. The highest BCUT2D eigenvalue weighted by atomic mass is 19.1. The Hall–Kier alpha value is -3.25. The Morgan fingerprint density at radius 1 is 1.03 bits per heavy atom. The molecule has 2 heterocycles. The molecule has 5 nitrogen and oxygen atoms in total. The lowest BCUT2D eigenvalue weighted by Crippen LogP contribution is -2.18. The summed E-state index contributed by atoms with van der Waals surface area (Å²) in [5.41, 5.74) is 7.30. The Kier molecular flexibility index (Phi) is 5.50. The van der Waals surface area contributed by atoms with Crippen LogP contribution in [-0.4, -0.2) is 19.6 Å². The average Bonchev–Trinajstić information content (AvgIpc) is 3.31. The first-order valence-electron chi connectivity index (χ1n) is 10.1. The number of nitrogens with one attached hydrogen (secondary N) is 1. The number of hydrogen-bond donors (Lipinski definition) is 1. The van der Waals surface area contributed by atoms with Crippen LogP contribution in [0.15, 0.2) is 60.9 Å². The highest BCUT2D eigenvalue weighted by Crippen LogP contribution is 2.25. The second-order valence-electron chi connectivity index (χ2n) is 7.70. The van der Waals surface area contributed by atoms with Crippen LogP contribution >= 0.6 is 0 Å². The van der Waals surface area contributed by atoms with Gasteiger partial charge in [0.05, 0.1) is 17.6 Å². The minimum absolute atomic E-state index is 0.141. The van der Waals surface area contributed by atoms with Crippen molar-refractivity contribution in [2.75, 3.05) is 0 Å². The Morgan fingerprint density at radius 3 is 2.37 bits per heavy atom. The maximum Gasteiger partial charge on any atom is 0.123 e. The van der Waals surface area contributed by atoms with Crippen LogP contribution in [-0.2, 0) is 13.6 Å². The second kappa shape index (κ2) is 8.24. The fraction of sp³-hybridized carbons (Fsp3) is 0.250. The van der Waals surface area contributed by atoms with Gasteiger partial charge in [0.25, 0.3) is 0 Å². The second-order valence-corrected chi connectivity index (χ2v) is 7.70. The molecule has 6 heteroatoms. The predicted molar refractivity (Wildman–Crippen MR) is 117 cm³/mol. The van der Waals surface area contributed by atoms with E-state index in [1.54, 1.807) is 12.1 Å². The quantitative estimate of drug-likeness (QED) is 0.499. The molecule has 0 unspecified atom stereocenters. The van der Waals surface area contributed by atoms with Gasteiger partial charge < -0.3 is 5.32 Å². The summed E-state index contributed by atoms with van der Waals surface area (Å²) < 4.78 is 17.2. The molecule has 2 aromatic carbocycles. The number of nitrogens with zero attached hydrogens (tertiary/aromatic N) is 4. The van der Waals surface area contributed by atoms with Gasteiger partial charge in [-0.1, -0.05) is 17.7 Å². The lowest BCUT2D eigenvalue weighted by atomic mass is 10.1. The monoisotopic (exact) mass is 403 g/mol. The Balaban J connectivity index is 1.65. The first-order chi connectivity index (χ1) is 14.4. The highest BCUT2D eigenvalue weighted by Gasteiger charge is 2.16. The van der Waals surface area contributed by atoms with Crippen molar-refractivity contribution in [2.24, 2.45) is 7.05 Å². The fourth-order valence-electron chi connectivity index (χ4n) is 3.53. The van der Waals surface area contributed by atoms with E-state index in [1.807, 2.05) is 28.8 Å². The van der Waals surface area contributed by atoms with Crippen LogP contribution in [0.3, 0.4) is 0 Å². The van der Waals surface area contributed by atoms with Crippen molar-refractivity contribution in [3.8, 4) is 16.9 Å². The van der Waals surface area contributed by atoms with Gasteiger partial charge in [0.2, 0.25) is 0 Å². The fourth-order valence-corrected chi connectivity index (χ4v) is 3.53. The standard InChI is InChI=1S/C24H26FN5/c1-16-5-11-22(12-6-16)30-15-20(24(28-30)19-7-9-21(25)10-8-19)13-26-17(2)23-14-27-29(4)18(23)3/h5-12,14-15,17,26H,13H2,1-4H3/t17-/m0/s1. The number of benzene rings is 2. The van der Waals surface area contributed by atoms with Gasteiger partial charge in [-0.25, -0.2) is 9.07 Å². The first-order valence-corrected chi connectivity index (χ1v) is 10.1. The average molecular weight is 404 g/mol. The molecule has 0 bridgehead atoms. The molecule has 4 rings (SSSR count). The molecule has 2 aromatic heterocycles. The van der Waals surface area contributed by atoms with Crippen LogP contribution in [0.1, 0.15) is 35.3 Å². The topological polar surface area (TPSA) is 47.7 Å². The minimum atomic E-state index is -0.253. The van der Waals surface area contributed by atoms with Gasteiger partial charge in [0, 0.05) is 48.2 Å². The Morgan fingerprint density at radius 2 is 1.73 bits per heavy atom. The summed E-state index contributed by atoms with van der Waals surface area (Å²) in [6, 6.07) is 14.9. The third kappa shape index (κ3) is 4.04. The summed E-state index contributed by atoms with van der Waals surface area (Å²) in [5.74, 6) is -0.253. The van der Waals surface area contributed by atoms with E-state index in [0.717, 1.165) is 28.2 Å². The van der Waals surface area contributed by atoms with Crippen molar-refractivity contribution in [3.63, 3.8) is 0 Å². The predicted octanol–water partition coefficient (Wildman–Crippen LogP) is 4.88. The normalized spacial score (nSPS) is 12.3. The maximum absolute atomic E-state index is 13.4. The number of halogens is 1. The molecule has 4 aromatic rings. The molecule has 0 aliphatic carbocycles. The van der Waals surface area contributed by atoms with E-state index in [1.165, 1.54) is 23.3 Å². The van der Waals surface area contributed by atoms with Gasteiger partial charge in [0.15, 0.2) is 0 Å². The molecule has 0 spiro atoms. The minimum Gasteiger partial charge on any atom is -0.306 e. The van der Waals surface area contributed by atoms with Gasteiger partial charge >= 0.3 is 0 Å². The van der Waals surface area contributed by atoms with Gasteiger partial charge in [-0.15, -0.1) is 0 Å². The van der Waals surface area contributed by atoms with E-state index in [-0.39, 0.29) is 11.9 Å². The lowest BCUT2D eigenvalue weighted by molar-refractivity contribution is 0.571. The largest absolute Gasteiger partial charge is 0.306 e. The zero-order valence-electron chi connectivity index (χ0n) is 17.7. The number of aromatic nitrogens is 4. The van der Waals surface area contributed by atoms with Crippen LogP contribution in [0.2, 0.25) is 0 Å². The Labute approximate surface area is 176 Å². The van der Waals surface area contributed by atoms with Crippen molar-refractivity contribution in [3.05, 3.63) is 89.1 Å². The van der Waals surface area contributed by atoms with Crippen LogP contribution < -0.4 is 5.32 Å². The maximum atomic E-state index is 13.4. The smallest absolute Gasteiger partial charge is 0.123 e. The summed E-state index contributed by atoms with van der Waals surface area (Å²) in [4.78, 5) is 0. The van der Waals surface area contributed by atoms with Crippen molar-refractivity contribution >= 4 is 0 Å². The molecule has 1 atom stereocenters. The van der Waals surface area contributed by atoms with E-state index in [0.29, 0.717) is 6.54 Å². The zero-order chi connectivity index (χ0) is 21.3. The van der Waals surface area contributed by atoms with Crippen LogP contribution in [0.25, 0.3) is 16.9 Å². The van der Waals surface area contributed by atoms with Gasteiger partial charge in [-0.05, 0) is 57.2 Å². The van der Waals surface area contributed by atoms with Gasteiger partial charge in [-0.2, -0.15) is 10.2 Å². The summed E-state index contributed by atoms with van der Waals surface area (Å²) >= 11 is 0. The zero-order valence-corrected chi connectivity index (χ0v) is 17.7. The van der Waals surface area contributed by atoms with Crippen molar-refractivity contribution in [2.45, 2.75) is 33.4 Å². The molecule has 1 N–H and O–H groups in total. The lowest BCUT2D eigenvalue weighted by Gasteiger charge is -2.13. The summed E-state index contributed by atoms with van der Waals surface area (Å²) in [6.07, 6.45) is 3.95. The summed E-state index contributed by atoms with van der Waals surface area (Å²) in [5, 5.41) is 12.7.